The summed E-state index contributed by atoms with van der Waals surface area (Å²) >= 11 is 6.25. The Hall–Kier alpha value is -1.93. The lowest BCUT2D eigenvalue weighted by Crippen LogP contribution is -2.11. The van der Waals surface area contributed by atoms with Gasteiger partial charge in [-0.2, -0.15) is 5.10 Å². The topological polar surface area (TPSA) is 76.9 Å². The van der Waals surface area contributed by atoms with E-state index in [1.54, 1.807) is 37.4 Å². The van der Waals surface area contributed by atoms with Gasteiger partial charge in [0.15, 0.2) is 10.1 Å². The Morgan fingerprint density at radius 3 is 2.54 bits per heavy atom. The van der Waals surface area contributed by atoms with E-state index in [9.17, 15) is 8.42 Å². The Balaban J connectivity index is 0.00000243. The van der Waals surface area contributed by atoms with Gasteiger partial charge in [0.05, 0.1) is 16.4 Å². The van der Waals surface area contributed by atoms with Gasteiger partial charge in [0, 0.05) is 18.8 Å². The first-order chi connectivity index (χ1) is 11.9. The van der Waals surface area contributed by atoms with Crippen molar-refractivity contribution in [2.45, 2.75) is 23.5 Å². The highest BCUT2D eigenvalue weighted by atomic mass is 35.5. The minimum Gasteiger partial charge on any atom is -0.314 e. The third-order valence-corrected chi connectivity index (χ3v) is 5.55. The van der Waals surface area contributed by atoms with Crippen LogP contribution in [0.15, 0.2) is 58.7 Å². The number of halogens is 2. The smallest absolute Gasteiger partial charge is 0.241 e. The molecule has 138 valence electrons. The molecule has 1 N–H and O–H groups in total. The van der Waals surface area contributed by atoms with Crippen LogP contribution in [0.4, 0.5) is 0 Å². The van der Waals surface area contributed by atoms with Crippen molar-refractivity contribution >= 4 is 33.8 Å². The van der Waals surface area contributed by atoms with Crippen LogP contribution in [0.25, 0.3) is 5.69 Å². The lowest BCUT2D eigenvalue weighted by Gasteiger charge is -2.09. The molecule has 0 fully saturated rings. The van der Waals surface area contributed by atoms with E-state index in [1.807, 2.05) is 6.92 Å². The summed E-state index contributed by atoms with van der Waals surface area (Å²) in [5, 5.41) is 7.79. The molecule has 0 aliphatic rings. The molecule has 3 aromatic rings. The number of nitrogens with one attached hydrogen (secondary N) is 1. The van der Waals surface area contributed by atoms with Crippen LogP contribution in [0.5, 0.6) is 0 Å². The SMILES string of the molecule is CNCc1cc(S(=O)(=O)c2ccc(C)cn2)n(-c2ccccc2Cl)n1.Cl. The number of aromatic nitrogens is 3. The predicted molar refractivity (Wildman–Crippen MR) is 103 cm³/mol. The molecule has 26 heavy (non-hydrogen) atoms. The largest absolute Gasteiger partial charge is 0.314 e. The van der Waals surface area contributed by atoms with Crippen molar-refractivity contribution in [3.05, 3.63) is 64.9 Å². The summed E-state index contributed by atoms with van der Waals surface area (Å²) in [7, 11) is -2.08. The second-order valence-corrected chi connectivity index (χ2v) is 7.80. The summed E-state index contributed by atoms with van der Waals surface area (Å²) < 4.78 is 27.5. The van der Waals surface area contributed by atoms with Crippen LogP contribution in [0.2, 0.25) is 5.02 Å². The molecule has 0 unspecified atom stereocenters. The quantitative estimate of drug-likeness (QED) is 0.695. The van der Waals surface area contributed by atoms with E-state index in [0.29, 0.717) is 22.9 Å². The number of rotatable bonds is 5. The minimum absolute atomic E-state index is 0. The molecule has 0 radical (unpaired) electrons. The fraction of sp³-hybridized carbons (Fsp3) is 0.176. The molecule has 9 heteroatoms. The normalized spacial score (nSPS) is 11.2. The van der Waals surface area contributed by atoms with E-state index < -0.39 is 9.84 Å². The number of hydrogen-bond acceptors (Lipinski definition) is 5. The van der Waals surface area contributed by atoms with Gasteiger partial charge < -0.3 is 5.32 Å². The van der Waals surface area contributed by atoms with Gasteiger partial charge >= 0.3 is 0 Å². The molecule has 3 rings (SSSR count). The van der Waals surface area contributed by atoms with E-state index in [1.165, 1.54) is 23.0 Å². The number of para-hydroxylation sites is 1. The Bertz CT molecular complexity index is 1000. The third kappa shape index (κ3) is 3.91. The summed E-state index contributed by atoms with van der Waals surface area (Å²) in [4.78, 5) is 4.06. The Kier molecular flexibility index (Phi) is 6.41. The van der Waals surface area contributed by atoms with Crippen molar-refractivity contribution in [2.75, 3.05) is 7.05 Å². The van der Waals surface area contributed by atoms with Crippen LogP contribution in [0.3, 0.4) is 0 Å². The van der Waals surface area contributed by atoms with Crippen LogP contribution in [0, 0.1) is 6.92 Å². The zero-order valence-electron chi connectivity index (χ0n) is 14.2. The van der Waals surface area contributed by atoms with Crippen LogP contribution in [-0.2, 0) is 16.4 Å². The van der Waals surface area contributed by atoms with Crippen molar-refractivity contribution in [1.29, 1.82) is 0 Å². The average Bonchev–Trinajstić information content (AvgIpc) is 3.00. The maximum atomic E-state index is 13.1. The Labute approximate surface area is 163 Å². The van der Waals surface area contributed by atoms with E-state index in [2.05, 4.69) is 15.4 Å². The number of sulfone groups is 1. The number of nitrogens with zero attached hydrogens (tertiary/aromatic N) is 3. The van der Waals surface area contributed by atoms with Gasteiger partial charge in [0.2, 0.25) is 9.84 Å². The molecule has 0 spiro atoms. The molecule has 1 aromatic carbocycles. The summed E-state index contributed by atoms with van der Waals surface area (Å²) in [6.45, 7) is 2.28. The second-order valence-electron chi connectivity index (χ2n) is 5.54. The van der Waals surface area contributed by atoms with Gasteiger partial charge in [-0.3, -0.25) is 0 Å². The molecule has 0 aliphatic carbocycles. The lowest BCUT2D eigenvalue weighted by atomic mass is 10.3. The molecule has 2 aromatic heterocycles. The molecule has 0 amide bonds. The minimum atomic E-state index is -3.85. The van der Waals surface area contributed by atoms with Gasteiger partial charge in [-0.1, -0.05) is 29.8 Å². The first-order valence-corrected chi connectivity index (χ1v) is 9.46. The van der Waals surface area contributed by atoms with Gasteiger partial charge in [0.1, 0.15) is 0 Å². The van der Waals surface area contributed by atoms with E-state index in [4.69, 9.17) is 11.6 Å². The molecular weight excluding hydrogens is 395 g/mol. The third-order valence-electron chi connectivity index (χ3n) is 3.60. The Morgan fingerprint density at radius 2 is 1.92 bits per heavy atom. The number of hydrogen-bond donors (Lipinski definition) is 1. The maximum absolute atomic E-state index is 13.1. The molecular formula is C17H18Cl2N4O2S. The van der Waals surface area contributed by atoms with Crippen molar-refractivity contribution in [3.8, 4) is 5.69 Å². The highest BCUT2D eigenvalue weighted by Gasteiger charge is 2.26. The van der Waals surface area contributed by atoms with Crippen molar-refractivity contribution < 1.29 is 8.42 Å². The number of benzene rings is 1. The lowest BCUT2D eigenvalue weighted by molar-refractivity contribution is 0.582. The predicted octanol–water partition coefficient (Wildman–Crippen LogP) is 3.20. The van der Waals surface area contributed by atoms with E-state index in [0.717, 1.165) is 5.56 Å². The van der Waals surface area contributed by atoms with Gasteiger partial charge in [0.25, 0.3) is 0 Å². The first-order valence-electron chi connectivity index (χ1n) is 7.59. The van der Waals surface area contributed by atoms with Crippen molar-refractivity contribution in [3.63, 3.8) is 0 Å². The molecule has 0 atom stereocenters. The van der Waals surface area contributed by atoms with E-state index >= 15 is 0 Å². The second kappa shape index (κ2) is 8.18. The fourth-order valence-corrected chi connectivity index (χ4v) is 3.91. The summed E-state index contributed by atoms with van der Waals surface area (Å²) in [5.41, 5.74) is 1.97. The summed E-state index contributed by atoms with van der Waals surface area (Å²) in [6.07, 6.45) is 1.53. The van der Waals surface area contributed by atoms with Crippen molar-refractivity contribution in [2.24, 2.45) is 0 Å². The number of pyridine rings is 1. The number of aryl methyl sites for hydroxylation is 1. The monoisotopic (exact) mass is 412 g/mol. The molecule has 6 nitrogen and oxygen atoms in total. The average molecular weight is 413 g/mol. The fourth-order valence-electron chi connectivity index (χ4n) is 2.39. The molecule has 2 heterocycles. The van der Waals surface area contributed by atoms with Gasteiger partial charge in [-0.15, -0.1) is 12.4 Å². The zero-order valence-corrected chi connectivity index (χ0v) is 16.6. The van der Waals surface area contributed by atoms with E-state index in [-0.39, 0.29) is 22.5 Å². The van der Waals surface area contributed by atoms with Crippen LogP contribution >= 0.6 is 24.0 Å². The van der Waals surface area contributed by atoms with Crippen LogP contribution in [-0.4, -0.2) is 30.2 Å². The first kappa shape index (κ1) is 20.4. The summed E-state index contributed by atoms with van der Waals surface area (Å²) in [5.74, 6) is 0. The summed E-state index contributed by atoms with van der Waals surface area (Å²) in [6, 6.07) is 11.7. The zero-order chi connectivity index (χ0) is 18.0. The highest BCUT2D eigenvalue weighted by molar-refractivity contribution is 7.91. The molecule has 0 bridgehead atoms. The van der Waals surface area contributed by atoms with Gasteiger partial charge in [-0.05, 0) is 37.7 Å². The van der Waals surface area contributed by atoms with Crippen LogP contribution in [0.1, 0.15) is 11.3 Å². The molecule has 0 saturated carbocycles. The molecule has 0 aliphatic heterocycles. The molecule has 0 saturated heterocycles. The van der Waals surface area contributed by atoms with Crippen molar-refractivity contribution in [1.82, 2.24) is 20.1 Å². The standard InChI is InChI=1S/C17H17ClN4O2S.ClH/c1-12-7-8-16(20-10-12)25(23,24)17-9-13(11-19-2)21-22(17)15-6-4-3-5-14(15)18;/h3-10,19H,11H2,1-2H3;1H. The Morgan fingerprint density at radius 1 is 1.19 bits per heavy atom. The highest BCUT2D eigenvalue weighted by Crippen LogP contribution is 2.27. The maximum Gasteiger partial charge on any atom is 0.241 e. The van der Waals surface area contributed by atoms with Crippen LogP contribution < -0.4 is 5.32 Å². The van der Waals surface area contributed by atoms with Gasteiger partial charge in [-0.25, -0.2) is 18.1 Å².